The summed E-state index contributed by atoms with van der Waals surface area (Å²) in [5.41, 5.74) is 4.08. The van der Waals surface area contributed by atoms with Crippen LogP contribution in [0.4, 0.5) is 23.1 Å². The van der Waals surface area contributed by atoms with Gasteiger partial charge < -0.3 is 26.2 Å². The number of carbonyl (C=O) groups is 3. The summed E-state index contributed by atoms with van der Waals surface area (Å²) in [7, 11) is 1.57. The van der Waals surface area contributed by atoms with Crippen molar-refractivity contribution in [3.63, 3.8) is 0 Å². The van der Waals surface area contributed by atoms with Gasteiger partial charge in [-0.25, -0.2) is 4.98 Å². The fourth-order valence-electron chi connectivity index (χ4n) is 4.22. The number of carbonyl (C=O) groups excluding carboxylic acids is 3. The lowest BCUT2D eigenvalue weighted by atomic mass is 9.98. The topological polar surface area (TPSA) is 128 Å². The van der Waals surface area contributed by atoms with Crippen molar-refractivity contribution < 1.29 is 14.4 Å². The zero-order valence-corrected chi connectivity index (χ0v) is 22.3. The number of hydrogen-bond donors (Lipinski definition) is 4. The maximum atomic E-state index is 12.6. The highest BCUT2D eigenvalue weighted by atomic mass is 35.5. The fraction of sp³-hybridized carbons (Fsp3) is 0.250. The molecular weight excluding hydrogens is 518 g/mol. The second-order valence-electron chi connectivity index (χ2n) is 8.91. The van der Waals surface area contributed by atoms with E-state index in [1.165, 1.54) is 12.3 Å². The van der Waals surface area contributed by atoms with Crippen molar-refractivity contribution in [2.75, 3.05) is 30.8 Å². The van der Waals surface area contributed by atoms with Crippen LogP contribution in [0.25, 0.3) is 0 Å². The second kappa shape index (κ2) is 12.9. The van der Waals surface area contributed by atoms with E-state index in [1.807, 2.05) is 29.2 Å². The van der Waals surface area contributed by atoms with Gasteiger partial charge >= 0.3 is 0 Å². The van der Waals surface area contributed by atoms with Crippen molar-refractivity contribution in [1.82, 2.24) is 25.5 Å². The highest BCUT2D eigenvalue weighted by molar-refractivity contribution is 6.33. The van der Waals surface area contributed by atoms with Crippen LogP contribution in [0.3, 0.4) is 0 Å². The standard InChI is InChI=1S/C28H30ClN7O3/c1-3-24(37)31-13-6-9-25(38)36-14-12-18-15-20(11-10-19(18)17-36)33-28-32-16-22(29)26(35-28)34-23-8-5-4-7-21(23)27(39)30-2/h3-5,7-8,10-11,15-16H,1,6,9,12-14,17H2,2H3,(H,30,39)(H,31,37)(H2,32,33,34,35). The highest BCUT2D eigenvalue weighted by Gasteiger charge is 2.21. The van der Waals surface area contributed by atoms with Gasteiger partial charge in [-0.2, -0.15) is 4.98 Å². The van der Waals surface area contributed by atoms with Crippen LogP contribution in [0.1, 0.15) is 34.3 Å². The number of nitrogens with zero attached hydrogens (tertiary/aromatic N) is 3. The Kier molecular flexibility index (Phi) is 9.11. The van der Waals surface area contributed by atoms with Gasteiger partial charge in [0.05, 0.1) is 17.4 Å². The quantitative estimate of drug-likeness (QED) is 0.223. The first-order chi connectivity index (χ1) is 18.9. The van der Waals surface area contributed by atoms with E-state index in [4.69, 9.17) is 11.6 Å². The molecule has 0 radical (unpaired) electrons. The zero-order chi connectivity index (χ0) is 27.8. The summed E-state index contributed by atoms with van der Waals surface area (Å²) in [5.74, 6) is 0.315. The molecule has 0 bridgehead atoms. The molecule has 39 heavy (non-hydrogen) atoms. The second-order valence-corrected chi connectivity index (χ2v) is 9.32. The molecule has 0 aliphatic carbocycles. The maximum absolute atomic E-state index is 12.6. The van der Waals surface area contributed by atoms with Gasteiger partial charge in [-0.15, -0.1) is 0 Å². The van der Waals surface area contributed by atoms with E-state index in [9.17, 15) is 14.4 Å². The summed E-state index contributed by atoms with van der Waals surface area (Å²) in [5, 5.41) is 12.0. The average Bonchev–Trinajstić information content (AvgIpc) is 2.96. The third-order valence-corrected chi connectivity index (χ3v) is 6.55. The molecule has 4 rings (SSSR count). The number of aromatic nitrogens is 2. The Balaban J connectivity index is 1.39. The van der Waals surface area contributed by atoms with E-state index < -0.39 is 0 Å². The molecule has 0 unspecified atom stereocenters. The number of benzene rings is 2. The molecular formula is C28H30ClN7O3. The minimum Gasteiger partial charge on any atom is -0.355 e. The number of amides is 3. The molecule has 0 saturated heterocycles. The molecule has 10 nitrogen and oxygen atoms in total. The first-order valence-corrected chi connectivity index (χ1v) is 12.9. The molecule has 11 heteroatoms. The van der Waals surface area contributed by atoms with Crippen LogP contribution < -0.4 is 21.3 Å². The molecule has 0 spiro atoms. The summed E-state index contributed by atoms with van der Waals surface area (Å²) in [6.45, 7) is 5.03. The van der Waals surface area contributed by atoms with Crippen LogP contribution in [0.2, 0.25) is 5.02 Å². The number of anilines is 4. The molecule has 0 atom stereocenters. The minimum atomic E-state index is -0.235. The molecule has 1 aliphatic heterocycles. The molecule has 2 heterocycles. The van der Waals surface area contributed by atoms with E-state index in [0.717, 1.165) is 23.2 Å². The smallest absolute Gasteiger partial charge is 0.253 e. The number of hydrogen-bond acceptors (Lipinski definition) is 7. The molecule has 202 valence electrons. The molecule has 3 aromatic rings. The molecule has 4 N–H and O–H groups in total. The van der Waals surface area contributed by atoms with Gasteiger partial charge in [0.25, 0.3) is 5.91 Å². The Morgan fingerprint density at radius 2 is 1.95 bits per heavy atom. The number of fused-ring (bicyclic) bond motifs is 1. The Morgan fingerprint density at radius 1 is 1.13 bits per heavy atom. The van der Waals surface area contributed by atoms with Crippen molar-refractivity contribution in [2.24, 2.45) is 0 Å². The van der Waals surface area contributed by atoms with Gasteiger partial charge in [-0.1, -0.05) is 36.4 Å². The van der Waals surface area contributed by atoms with Crippen molar-refractivity contribution >= 4 is 52.5 Å². The van der Waals surface area contributed by atoms with E-state index >= 15 is 0 Å². The monoisotopic (exact) mass is 547 g/mol. The first-order valence-electron chi connectivity index (χ1n) is 12.6. The van der Waals surface area contributed by atoms with Crippen LogP contribution in [0.15, 0.2) is 61.3 Å². The van der Waals surface area contributed by atoms with Crippen LogP contribution in [-0.4, -0.2) is 52.7 Å². The third-order valence-electron chi connectivity index (χ3n) is 6.28. The fourth-order valence-corrected chi connectivity index (χ4v) is 4.36. The number of nitrogens with one attached hydrogen (secondary N) is 4. The first kappa shape index (κ1) is 27.6. The normalized spacial score (nSPS) is 12.2. The van der Waals surface area contributed by atoms with Crippen LogP contribution in [0.5, 0.6) is 0 Å². The predicted octanol–water partition coefficient (Wildman–Crippen LogP) is 3.94. The molecule has 1 aromatic heterocycles. The summed E-state index contributed by atoms with van der Waals surface area (Å²) in [4.78, 5) is 46.7. The number of para-hydroxylation sites is 1. The molecule has 1 aliphatic rings. The Bertz CT molecular complexity index is 1400. The lowest BCUT2D eigenvalue weighted by molar-refractivity contribution is -0.132. The van der Waals surface area contributed by atoms with Crippen LogP contribution in [-0.2, 0) is 22.6 Å². The van der Waals surface area contributed by atoms with Crippen LogP contribution >= 0.6 is 11.6 Å². The van der Waals surface area contributed by atoms with Gasteiger partial charge in [0.15, 0.2) is 5.82 Å². The summed E-state index contributed by atoms with van der Waals surface area (Å²) >= 11 is 6.34. The van der Waals surface area contributed by atoms with E-state index in [0.29, 0.717) is 60.5 Å². The van der Waals surface area contributed by atoms with Gasteiger partial charge in [0.1, 0.15) is 5.02 Å². The van der Waals surface area contributed by atoms with Gasteiger partial charge in [0, 0.05) is 38.8 Å². The minimum absolute atomic E-state index is 0.0725. The molecule has 2 aromatic carbocycles. The number of rotatable bonds is 10. The van der Waals surface area contributed by atoms with Crippen LogP contribution in [0, 0.1) is 0 Å². The SMILES string of the molecule is C=CC(=O)NCCCC(=O)N1CCc2cc(Nc3ncc(Cl)c(Nc4ccccc4C(=O)NC)n3)ccc2C1. The Morgan fingerprint density at radius 3 is 2.74 bits per heavy atom. The zero-order valence-electron chi connectivity index (χ0n) is 21.6. The van der Waals surface area contributed by atoms with Crippen molar-refractivity contribution in [1.29, 1.82) is 0 Å². The lowest BCUT2D eigenvalue weighted by Crippen LogP contribution is -2.36. The Labute approximate surface area is 231 Å². The van der Waals surface area contributed by atoms with E-state index in [2.05, 4.69) is 37.8 Å². The largest absolute Gasteiger partial charge is 0.355 e. The van der Waals surface area contributed by atoms with Crippen molar-refractivity contribution in [2.45, 2.75) is 25.8 Å². The third kappa shape index (κ3) is 7.11. The number of halogens is 1. The average molecular weight is 548 g/mol. The van der Waals surface area contributed by atoms with Gasteiger partial charge in [0.2, 0.25) is 17.8 Å². The van der Waals surface area contributed by atoms with Gasteiger partial charge in [-0.3, -0.25) is 14.4 Å². The highest BCUT2D eigenvalue weighted by Crippen LogP contribution is 2.28. The maximum Gasteiger partial charge on any atom is 0.253 e. The van der Waals surface area contributed by atoms with Crippen molar-refractivity contribution in [3.05, 3.63) is 83.0 Å². The van der Waals surface area contributed by atoms with E-state index in [-0.39, 0.29) is 17.7 Å². The van der Waals surface area contributed by atoms with Crippen molar-refractivity contribution in [3.8, 4) is 0 Å². The van der Waals surface area contributed by atoms with E-state index in [1.54, 1.807) is 25.2 Å². The predicted molar refractivity (Wildman–Crippen MR) is 151 cm³/mol. The molecule has 0 fully saturated rings. The summed E-state index contributed by atoms with van der Waals surface area (Å²) in [6.07, 6.45) is 4.40. The summed E-state index contributed by atoms with van der Waals surface area (Å²) < 4.78 is 0. The van der Waals surface area contributed by atoms with Gasteiger partial charge in [-0.05, 0) is 54.3 Å². The Hall–Kier alpha value is -4.44. The summed E-state index contributed by atoms with van der Waals surface area (Å²) in [6, 6.07) is 13.0. The molecule has 0 saturated carbocycles. The lowest BCUT2D eigenvalue weighted by Gasteiger charge is -2.29. The molecule has 3 amide bonds.